The first kappa shape index (κ1) is 17.0. The van der Waals surface area contributed by atoms with Gasteiger partial charge in [0.2, 0.25) is 0 Å². The molecule has 0 saturated carbocycles. The number of aromatic nitrogens is 2. The van der Waals surface area contributed by atoms with Crippen molar-refractivity contribution in [1.29, 1.82) is 0 Å². The van der Waals surface area contributed by atoms with Crippen LogP contribution in [0.5, 0.6) is 0 Å². The molecule has 0 radical (unpaired) electrons. The van der Waals surface area contributed by atoms with Crippen LogP contribution in [0.3, 0.4) is 0 Å². The number of amides is 1. The van der Waals surface area contributed by atoms with Crippen LogP contribution in [-0.4, -0.2) is 46.8 Å². The fraction of sp³-hybridized carbons (Fsp3) is 0.444. The molecule has 0 bridgehead atoms. The summed E-state index contributed by atoms with van der Waals surface area (Å²) in [7, 11) is 1.98. The summed E-state index contributed by atoms with van der Waals surface area (Å²) in [4.78, 5) is 14.8. The van der Waals surface area contributed by atoms with Gasteiger partial charge in [0, 0.05) is 24.2 Å². The van der Waals surface area contributed by atoms with Crippen LogP contribution >= 0.6 is 11.6 Å². The monoisotopic (exact) mass is 346 g/mol. The van der Waals surface area contributed by atoms with Gasteiger partial charge in [0.25, 0.3) is 5.91 Å². The van der Waals surface area contributed by atoms with Crippen LogP contribution in [0.15, 0.2) is 30.5 Å². The van der Waals surface area contributed by atoms with E-state index in [0.717, 1.165) is 43.7 Å². The fourth-order valence-corrected chi connectivity index (χ4v) is 3.45. The molecule has 3 rings (SSSR count). The van der Waals surface area contributed by atoms with Crippen LogP contribution in [0.2, 0.25) is 5.02 Å². The van der Waals surface area contributed by atoms with Crippen LogP contribution in [0.1, 0.15) is 35.8 Å². The highest BCUT2D eigenvalue weighted by Crippen LogP contribution is 2.21. The van der Waals surface area contributed by atoms with Crippen molar-refractivity contribution in [3.63, 3.8) is 0 Å². The van der Waals surface area contributed by atoms with Gasteiger partial charge in [-0.05, 0) is 44.5 Å². The van der Waals surface area contributed by atoms with Gasteiger partial charge in [-0.15, -0.1) is 0 Å². The number of rotatable bonds is 4. The first-order chi connectivity index (χ1) is 11.6. The first-order valence-electron chi connectivity index (χ1n) is 8.43. The number of halogens is 1. The molecule has 24 heavy (non-hydrogen) atoms. The largest absolute Gasteiger partial charge is 0.338 e. The SMILES string of the molecule is CCc1c(C(=O)N2CCC(NC)CC2)cnn1-c1cccc(Cl)c1. The lowest BCUT2D eigenvalue weighted by atomic mass is 10.0. The van der Waals surface area contributed by atoms with E-state index in [1.165, 1.54) is 0 Å². The van der Waals surface area contributed by atoms with E-state index in [1.807, 2.05) is 47.8 Å². The van der Waals surface area contributed by atoms with Gasteiger partial charge in [0.05, 0.1) is 23.1 Å². The summed E-state index contributed by atoms with van der Waals surface area (Å²) >= 11 is 6.09. The van der Waals surface area contributed by atoms with Crippen LogP contribution in [-0.2, 0) is 6.42 Å². The second-order valence-corrected chi connectivity index (χ2v) is 6.54. The summed E-state index contributed by atoms with van der Waals surface area (Å²) in [5.74, 6) is 0.0784. The second-order valence-electron chi connectivity index (χ2n) is 6.11. The highest BCUT2D eigenvalue weighted by atomic mass is 35.5. The molecule has 1 aromatic heterocycles. The molecular weight excluding hydrogens is 324 g/mol. The van der Waals surface area contributed by atoms with Crippen molar-refractivity contribution < 1.29 is 4.79 Å². The summed E-state index contributed by atoms with van der Waals surface area (Å²) in [6, 6.07) is 8.04. The molecule has 0 unspecified atom stereocenters. The summed E-state index contributed by atoms with van der Waals surface area (Å²) in [5, 5.41) is 8.39. The quantitative estimate of drug-likeness (QED) is 0.926. The van der Waals surface area contributed by atoms with Crippen LogP contribution in [0, 0.1) is 0 Å². The molecular formula is C18H23ClN4O. The van der Waals surface area contributed by atoms with Gasteiger partial charge in [-0.3, -0.25) is 4.79 Å². The molecule has 0 atom stereocenters. The Kier molecular flexibility index (Phi) is 5.21. The number of nitrogens with zero attached hydrogens (tertiary/aromatic N) is 3. The van der Waals surface area contributed by atoms with Gasteiger partial charge in [-0.25, -0.2) is 4.68 Å². The summed E-state index contributed by atoms with van der Waals surface area (Å²) in [6.07, 6.45) is 4.41. The van der Waals surface area contributed by atoms with Crippen LogP contribution < -0.4 is 5.32 Å². The van der Waals surface area contributed by atoms with Gasteiger partial charge >= 0.3 is 0 Å². The first-order valence-corrected chi connectivity index (χ1v) is 8.81. The van der Waals surface area contributed by atoms with Crippen LogP contribution in [0.4, 0.5) is 0 Å². The topological polar surface area (TPSA) is 50.2 Å². The summed E-state index contributed by atoms with van der Waals surface area (Å²) in [5.41, 5.74) is 2.51. The molecule has 1 aliphatic heterocycles. The predicted molar refractivity (Wildman–Crippen MR) is 95.9 cm³/mol. The Hall–Kier alpha value is -1.85. The van der Waals surface area contributed by atoms with Crippen molar-refractivity contribution >= 4 is 17.5 Å². The van der Waals surface area contributed by atoms with E-state index in [1.54, 1.807) is 6.20 Å². The Morgan fingerprint density at radius 3 is 2.75 bits per heavy atom. The number of likely N-dealkylation sites (tertiary alicyclic amines) is 1. The summed E-state index contributed by atoms with van der Waals surface area (Å²) in [6.45, 7) is 3.62. The molecule has 1 aliphatic rings. The van der Waals surface area contributed by atoms with E-state index in [-0.39, 0.29) is 5.91 Å². The Bertz CT molecular complexity index is 720. The highest BCUT2D eigenvalue weighted by Gasteiger charge is 2.26. The molecule has 2 heterocycles. The molecule has 1 saturated heterocycles. The number of piperidine rings is 1. The van der Waals surface area contributed by atoms with Gasteiger partial charge in [0.1, 0.15) is 0 Å². The van der Waals surface area contributed by atoms with Gasteiger partial charge in [-0.2, -0.15) is 5.10 Å². The zero-order valence-electron chi connectivity index (χ0n) is 14.1. The Labute approximate surface area is 147 Å². The molecule has 128 valence electrons. The van der Waals surface area contributed by atoms with E-state index < -0.39 is 0 Å². The number of nitrogens with one attached hydrogen (secondary N) is 1. The maximum absolute atomic E-state index is 12.9. The van der Waals surface area contributed by atoms with E-state index >= 15 is 0 Å². The molecule has 6 heteroatoms. The Morgan fingerprint density at radius 1 is 1.38 bits per heavy atom. The fourth-order valence-electron chi connectivity index (χ4n) is 3.26. The molecule has 0 spiro atoms. The van der Waals surface area contributed by atoms with Crippen molar-refractivity contribution in [3.05, 3.63) is 46.7 Å². The van der Waals surface area contributed by atoms with Gasteiger partial charge in [-0.1, -0.05) is 24.6 Å². The van der Waals surface area contributed by atoms with E-state index in [4.69, 9.17) is 11.6 Å². The molecule has 0 aliphatic carbocycles. The average Bonchev–Trinajstić information content (AvgIpc) is 3.05. The second kappa shape index (κ2) is 7.36. The maximum atomic E-state index is 12.9. The maximum Gasteiger partial charge on any atom is 0.257 e. The van der Waals surface area contributed by atoms with Crippen molar-refractivity contribution in [2.24, 2.45) is 0 Å². The molecule has 1 amide bonds. The third-order valence-electron chi connectivity index (χ3n) is 4.68. The third-order valence-corrected chi connectivity index (χ3v) is 4.91. The Balaban J connectivity index is 1.85. The van der Waals surface area contributed by atoms with E-state index in [9.17, 15) is 4.79 Å². The number of hydrogen-bond acceptors (Lipinski definition) is 3. The van der Waals surface area contributed by atoms with Gasteiger partial charge in [0.15, 0.2) is 0 Å². The van der Waals surface area contributed by atoms with Gasteiger partial charge < -0.3 is 10.2 Å². The van der Waals surface area contributed by atoms with Crippen molar-refractivity contribution in [2.45, 2.75) is 32.2 Å². The minimum atomic E-state index is 0.0784. The zero-order valence-corrected chi connectivity index (χ0v) is 14.9. The van der Waals surface area contributed by atoms with Crippen molar-refractivity contribution in [1.82, 2.24) is 20.0 Å². The lowest BCUT2D eigenvalue weighted by Crippen LogP contribution is -2.44. The van der Waals surface area contributed by atoms with Crippen LogP contribution in [0.25, 0.3) is 5.69 Å². The van der Waals surface area contributed by atoms with E-state index in [2.05, 4.69) is 10.4 Å². The molecule has 1 aromatic carbocycles. The molecule has 1 fully saturated rings. The minimum Gasteiger partial charge on any atom is -0.338 e. The van der Waals surface area contributed by atoms with E-state index in [0.29, 0.717) is 16.6 Å². The highest BCUT2D eigenvalue weighted by molar-refractivity contribution is 6.30. The summed E-state index contributed by atoms with van der Waals surface area (Å²) < 4.78 is 1.82. The Morgan fingerprint density at radius 2 is 2.12 bits per heavy atom. The molecule has 2 aromatic rings. The number of hydrogen-bond donors (Lipinski definition) is 1. The molecule has 5 nitrogen and oxygen atoms in total. The van der Waals surface area contributed by atoms with Crippen molar-refractivity contribution in [2.75, 3.05) is 20.1 Å². The predicted octanol–water partition coefficient (Wildman–Crippen LogP) is 2.91. The lowest BCUT2D eigenvalue weighted by Gasteiger charge is -2.31. The number of benzene rings is 1. The minimum absolute atomic E-state index is 0.0784. The smallest absolute Gasteiger partial charge is 0.257 e. The van der Waals surface area contributed by atoms with Crippen molar-refractivity contribution in [3.8, 4) is 5.69 Å². The number of carbonyl (C=O) groups excluding carboxylic acids is 1. The lowest BCUT2D eigenvalue weighted by molar-refractivity contribution is 0.0706. The zero-order chi connectivity index (χ0) is 17.1. The standard InChI is InChI=1S/C18H23ClN4O/c1-3-17-16(18(24)22-9-7-14(20-2)8-10-22)12-21-23(17)15-6-4-5-13(19)11-15/h4-6,11-12,14,20H,3,7-10H2,1-2H3. The number of carbonyl (C=O) groups is 1. The normalized spacial score (nSPS) is 15.7. The average molecular weight is 347 g/mol. The third kappa shape index (κ3) is 3.32. The molecule has 1 N–H and O–H groups in total.